The van der Waals surface area contributed by atoms with E-state index in [4.69, 9.17) is 0 Å². The van der Waals surface area contributed by atoms with Crippen LogP contribution in [0.3, 0.4) is 0 Å². The minimum Gasteiger partial charge on any atom is -0.312 e. The summed E-state index contributed by atoms with van der Waals surface area (Å²) < 4.78 is 0. The molecule has 0 aromatic heterocycles. The van der Waals surface area contributed by atoms with Gasteiger partial charge in [-0.1, -0.05) is 31.2 Å². The molecule has 3 nitrogen and oxygen atoms in total. The van der Waals surface area contributed by atoms with Gasteiger partial charge in [0.25, 0.3) is 0 Å². The Morgan fingerprint density at radius 2 is 1.95 bits per heavy atom. The number of hydrogen-bond acceptors (Lipinski definition) is 3. The zero-order valence-electron chi connectivity index (χ0n) is 13.5. The highest BCUT2D eigenvalue weighted by Crippen LogP contribution is 2.21. The minimum absolute atomic E-state index is 0.578. The number of benzene rings is 1. The van der Waals surface area contributed by atoms with E-state index in [0.717, 1.165) is 13.0 Å². The van der Waals surface area contributed by atoms with Crippen LogP contribution in [0.2, 0.25) is 0 Å². The van der Waals surface area contributed by atoms with Crippen molar-refractivity contribution in [1.82, 2.24) is 15.1 Å². The fourth-order valence-electron chi connectivity index (χ4n) is 3.79. The van der Waals surface area contributed by atoms with Crippen molar-refractivity contribution in [3.63, 3.8) is 0 Å². The molecule has 1 aromatic carbocycles. The summed E-state index contributed by atoms with van der Waals surface area (Å²) in [6.07, 6.45) is 2.36. The summed E-state index contributed by atoms with van der Waals surface area (Å²) in [5.74, 6) is 0. The molecule has 3 aliphatic rings. The summed E-state index contributed by atoms with van der Waals surface area (Å²) in [6, 6.07) is 10.1. The van der Waals surface area contributed by atoms with E-state index in [1.165, 1.54) is 50.3 Å². The Bertz CT molecular complexity index is 452. The highest BCUT2D eigenvalue weighted by atomic mass is 15.4. The molecule has 0 spiro atoms. The van der Waals surface area contributed by atoms with Gasteiger partial charge in [-0.15, -0.1) is 0 Å². The lowest BCUT2D eigenvalue weighted by atomic mass is 9.92. The van der Waals surface area contributed by atoms with Crippen LogP contribution >= 0.6 is 0 Å². The molecular weight excluding hydrogens is 258 g/mol. The molecule has 3 heterocycles. The van der Waals surface area contributed by atoms with E-state index in [0.29, 0.717) is 12.1 Å². The first kappa shape index (κ1) is 15.0. The van der Waals surface area contributed by atoms with Crippen LogP contribution in [-0.4, -0.2) is 61.2 Å². The second-order valence-electron chi connectivity index (χ2n) is 6.60. The van der Waals surface area contributed by atoms with Gasteiger partial charge in [0.2, 0.25) is 0 Å². The van der Waals surface area contributed by atoms with Gasteiger partial charge in [-0.05, 0) is 37.4 Å². The molecule has 3 fully saturated rings. The lowest BCUT2D eigenvalue weighted by molar-refractivity contribution is -0.00311. The van der Waals surface area contributed by atoms with Crippen molar-refractivity contribution in [1.29, 1.82) is 0 Å². The van der Waals surface area contributed by atoms with Crippen molar-refractivity contribution in [3.8, 4) is 0 Å². The Labute approximate surface area is 129 Å². The van der Waals surface area contributed by atoms with Crippen molar-refractivity contribution < 1.29 is 0 Å². The lowest BCUT2D eigenvalue weighted by Crippen LogP contribution is -2.66. The second-order valence-corrected chi connectivity index (χ2v) is 6.60. The molecule has 0 aliphatic carbocycles. The summed E-state index contributed by atoms with van der Waals surface area (Å²) in [5.41, 5.74) is 2.93. The summed E-state index contributed by atoms with van der Waals surface area (Å²) in [5, 5.41) is 3.83. The third kappa shape index (κ3) is 3.47. The number of fused-ring (bicyclic) bond motifs is 3. The maximum Gasteiger partial charge on any atom is 0.0380 e. The quantitative estimate of drug-likeness (QED) is 0.862. The van der Waals surface area contributed by atoms with Gasteiger partial charge in [0, 0.05) is 44.8 Å². The predicted octanol–water partition coefficient (Wildman–Crippen LogP) is 1.91. The van der Waals surface area contributed by atoms with Crippen molar-refractivity contribution in [2.75, 3.05) is 39.3 Å². The zero-order chi connectivity index (χ0) is 14.7. The van der Waals surface area contributed by atoms with Gasteiger partial charge >= 0.3 is 0 Å². The second kappa shape index (κ2) is 6.91. The van der Waals surface area contributed by atoms with Gasteiger partial charge in [0.15, 0.2) is 0 Å². The molecule has 0 amide bonds. The smallest absolute Gasteiger partial charge is 0.0380 e. The SMILES string of the molecule is CCCNC(Cc1ccccc1C)C1CN2CCN1CC2. The molecule has 3 aliphatic heterocycles. The van der Waals surface area contributed by atoms with Gasteiger partial charge in [-0.25, -0.2) is 0 Å². The molecule has 0 radical (unpaired) electrons. The van der Waals surface area contributed by atoms with E-state index in [1.54, 1.807) is 0 Å². The summed E-state index contributed by atoms with van der Waals surface area (Å²) in [6.45, 7) is 11.9. The van der Waals surface area contributed by atoms with E-state index in [2.05, 4.69) is 53.2 Å². The third-order valence-corrected chi connectivity index (χ3v) is 5.14. The first-order valence-corrected chi connectivity index (χ1v) is 8.52. The highest BCUT2D eigenvalue weighted by Gasteiger charge is 2.36. The van der Waals surface area contributed by atoms with E-state index >= 15 is 0 Å². The molecule has 2 atom stereocenters. The third-order valence-electron chi connectivity index (χ3n) is 5.14. The van der Waals surface area contributed by atoms with Crippen LogP contribution in [0.5, 0.6) is 0 Å². The Hall–Kier alpha value is -0.900. The lowest BCUT2D eigenvalue weighted by Gasteiger charge is -2.50. The number of rotatable bonds is 6. The number of hydrogen-bond donors (Lipinski definition) is 1. The Kier molecular flexibility index (Phi) is 4.94. The molecule has 3 heteroatoms. The summed E-state index contributed by atoms with van der Waals surface area (Å²) in [7, 11) is 0. The molecular formula is C18H29N3. The zero-order valence-corrected chi connectivity index (χ0v) is 13.5. The van der Waals surface area contributed by atoms with Crippen LogP contribution in [-0.2, 0) is 6.42 Å². The first-order chi connectivity index (χ1) is 10.3. The minimum atomic E-state index is 0.578. The number of aryl methyl sites for hydroxylation is 1. The van der Waals surface area contributed by atoms with Gasteiger partial charge in [-0.3, -0.25) is 9.80 Å². The Balaban J connectivity index is 1.73. The van der Waals surface area contributed by atoms with Gasteiger partial charge in [0.05, 0.1) is 0 Å². The van der Waals surface area contributed by atoms with Gasteiger partial charge < -0.3 is 5.32 Å². The van der Waals surface area contributed by atoms with Crippen LogP contribution in [0.15, 0.2) is 24.3 Å². The average molecular weight is 287 g/mol. The van der Waals surface area contributed by atoms with Crippen LogP contribution in [0.4, 0.5) is 0 Å². The average Bonchev–Trinajstić information content (AvgIpc) is 2.54. The number of nitrogens with zero attached hydrogens (tertiary/aromatic N) is 2. The first-order valence-electron chi connectivity index (χ1n) is 8.52. The van der Waals surface area contributed by atoms with Crippen molar-refractivity contribution in [3.05, 3.63) is 35.4 Å². The van der Waals surface area contributed by atoms with E-state index in [9.17, 15) is 0 Å². The molecule has 2 bridgehead atoms. The number of nitrogens with one attached hydrogen (secondary N) is 1. The maximum absolute atomic E-state index is 3.83. The Morgan fingerprint density at radius 1 is 1.19 bits per heavy atom. The Morgan fingerprint density at radius 3 is 2.57 bits per heavy atom. The van der Waals surface area contributed by atoms with Crippen LogP contribution in [0, 0.1) is 6.92 Å². The number of piperazine rings is 3. The molecule has 2 unspecified atom stereocenters. The topological polar surface area (TPSA) is 18.5 Å². The molecule has 0 saturated carbocycles. The van der Waals surface area contributed by atoms with Crippen molar-refractivity contribution in [2.45, 2.75) is 38.8 Å². The van der Waals surface area contributed by atoms with E-state index in [-0.39, 0.29) is 0 Å². The maximum atomic E-state index is 3.83. The normalized spacial score (nSPS) is 29.5. The molecule has 21 heavy (non-hydrogen) atoms. The van der Waals surface area contributed by atoms with E-state index < -0.39 is 0 Å². The van der Waals surface area contributed by atoms with Gasteiger partial charge in [0.1, 0.15) is 0 Å². The fraction of sp³-hybridized carbons (Fsp3) is 0.667. The van der Waals surface area contributed by atoms with E-state index in [1.807, 2.05) is 0 Å². The van der Waals surface area contributed by atoms with Crippen LogP contribution in [0.1, 0.15) is 24.5 Å². The van der Waals surface area contributed by atoms with Gasteiger partial charge in [-0.2, -0.15) is 0 Å². The van der Waals surface area contributed by atoms with Crippen LogP contribution in [0.25, 0.3) is 0 Å². The van der Waals surface area contributed by atoms with Crippen LogP contribution < -0.4 is 5.32 Å². The molecule has 116 valence electrons. The standard InChI is InChI=1S/C18H29N3/c1-3-8-19-17(13-16-7-5-4-6-15(16)2)18-14-20-9-11-21(18)12-10-20/h4-7,17-19H,3,8-14H2,1-2H3. The molecule has 1 aromatic rings. The summed E-state index contributed by atoms with van der Waals surface area (Å²) >= 11 is 0. The summed E-state index contributed by atoms with van der Waals surface area (Å²) in [4.78, 5) is 5.36. The molecule has 1 N–H and O–H groups in total. The highest BCUT2D eigenvalue weighted by molar-refractivity contribution is 5.27. The van der Waals surface area contributed by atoms with Crippen molar-refractivity contribution in [2.24, 2.45) is 0 Å². The molecule has 3 saturated heterocycles. The monoisotopic (exact) mass is 287 g/mol. The fourth-order valence-corrected chi connectivity index (χ4v) is 3.79. The predicted molar refractivity (Wildman–Crippen MR) is 88.8 cm³/mol. The largest absolute Gasteiger partial charge is 0.312 e. The molecule has 4 rings (SSSR count). The van der Waals surface area contributed by atoms with Crippen molar-refractivity contribution >= 4 is 0 Å².